The summed E-state index contributed by atoms with van der Waals surface area (Å²) in [6, 6.07) is 9.90. The molecule has 0 spiro atoms. The van der Waals surface area contributed by atoms with Crippen LogP contribution < -0.4 is 15.6 Å². The fraction of sp³-hybridized carbons (Fsp3) is 0.143. The Hall–Kier alpha value is -3.30. The number of anilines is 1. The number of phosphoric acid groups is 1. The molecule has 0 saturated carbocycles. The maximum Gasteiger partial charge on any atom is 0.471 e. The van der Waals surface area contributed by atoms with E-state index < -0.39 is 38.7 Å². The summed E-state index contributed by atoms with van der Waals surface area (Å²) in [6.07, 6.45) is 1.17. The van der Waals surface area contributed by atoms with Gasteiger partial charge in [0.15, 0.2) is 0 Å². The average Bonchev–Trinajstić information content (AvgIpc) is 2.73. The summed E-state index contributed by atoms with van der Waals surface area (Å²) in [5, 5.41) is 2.50. The zero-order valence-electron chi connectivity index (χ0n) is 19.6. The lowest BCUT2D eigenvalue weighted by Crippen LogP contribution is -2.21. The lowest BCUT2D eigenvalue weighted by atomic mass is 10.1. The summed E-state index contributed by atoms with van der Waals surface area (Å²) in [6.45, 7) is -1.64. The van der Waals surface area contributed by atoms with Crippen molar-refractivity contribution in [2.24, 2.45) is 0 Å². The van der Waals surface area contributed by atoms with Gasteiger partial charge in [0.1, 0.15) is 24.0 Å². The van der Waals surface area contributed by atoms with E-state index in [1.165, 1.54) is 24.4 Å². The van der Waals surface area contributed by atoms with Crippen molar-refractivity contribution in [3.8, 4) is 11.5 Å². The van der Waals surface area contributed by atoms with Gasteiger partial charge >= 0.3 is 7.82 Å². The second-order valence-corrected chi connectivity index (χ2v) is 7.91. The molecule has 32 heavy (non-hydrogen) atoms. The van der Waals surface area contributed by atoms with Crippen molar-refractivity contribution in [3.05, 3.63) is 87.6 Å². The third kappa shape index (κ3) is 6.12. The van der Waals surface area contributed by atoms with E-state index in [9.17, 15) is 18.5 Å². The van der Waals surface area contributed by atoms with E-state index in [-0.39, 0.29) is 28.3 Å². The van der Waals surface area contributed by atoms with Crippen LogP contribution in [0.2, 0.25) is 0 Å². The van der Waals surface area contributed by atoms with Gasteiger partial charge in [0.2, 0.25) is 0 Å². The molecule has 3 rings (SSSR count). The van der Waals surface area contributed by atoms with Crippen LogP contribution in [-0.2, 0) is 15.8 Å². The van der Waals surface area contributed by atoms with Gasteiger partial charge in [0, 0.05) is 22.1 Å². The predicted molar refractivity (Wildman–Crippen MR) is 114 cm³/mol. The Bertz CT molecular complexity index is 1370. The fourth-order valence-corrected chi connectivity index (χ4v) is 2.91. The Morgan fingerprint density at radius 2 is 1.97 bits per heavy atom. The average molecular weight is 465 g/mol. The van der Waals surface area contributed by atoms with Gasteiger partial charge in [0.25, 0.3) is 11.5 Å². The number of benzene rings is 2. The highest BCUT2D eigenvalue weighted by molar-refractivity contribution is 7.46. The molecule has 9 nitrogen and oxygen atoms in total. The second-order valence-electron chi connectivity index (χ2n) is 6.67. The molecular weight excluding hydrogens is 442 g/mol. The van der Waals surface area contributed by atoms with Crippen molar-refractivity contribution < 1.29 is 36.9 Å². The number of phosphoric ester groups is 1. The first-order valence-corrected chi connectivity index (χ1v) is 10.6. The van der Waals surface area contributed by atoms with Crippen LogP contribution >= 0.6 is 7.82 Å². The maximum atomic E-state index is 13.7. The molecule has 1 heterocycles. The zero-order valence-corrected chi connectivity index (χ0v) is 17.5. The quantitative estimate of drug-likeness (QED) is 0.454. The standard InChI is InChI=1S/C21H20FN2O7P/c1-13-3-5-17(19(9-13)31-18-6-4-15(22)10-14(18)2)21(26)23-16-7-8-24(20(25)11-16)12-30-32(27,28)29/h3-11H,12H2,1-2H3,(H,23,26)(H2,27,28,29)/i2D3. The van der Waals surface area contributed by atoms with Crippen LogP contribution in [0, 0.1) is 19.6 Å². The Balaban J connectivity index is 1.87. The molecule has 3 aromatic rings. The Morgan fingerprint density at radius 1 is 1.19 bits per heavy atom. The molecule has 0 unspecified atom stereocenters. The zero-order chi connectivity index (χ0) is 26.0. The summed E-state index contributed by atoms with van der Waals surface area (Å²) >= 11 is 0. The molecule has 0 aliphatic heterocycles. The molecule has 168 valence electrons. The molecule has 11 heteroatoms. The molecule has 0 aliphatic carbocycles. The van der Waals surface area contributed by atoms with Crippen LogP contribution in [0.15, 0.2) is 59.5 Å². The van der Waals surface area contributed by atoms with Crippen molar-refractivity contribution >= 4 is 19.4 Å². The van der Waals surface area contributed by atoms with Gasteiger partial charge in [-0.15, -0.1) is 0 Å². The lowest BCUT2D eigenvalue weighted by Gasteiger charge is -2.14. The van der Waals surface area contributed by atoms with E-state index in [0.29, 0.717) is 5.56 Å². The Morgan fingerprint density at radius 3 is 2.66 bits per heavy atom. The molecule has 0 fully saturated rings. The van der Waals surface area contributed by atoms with Crippen LogP contribution in [0.4, 0.5) is 10.1 Å². The topological polar surface area (TPSA) is 127 Å². The number of aryl methyl sites for hydroxylation is 2. The van der Waals surface area contributed by atoms with Crippen LogP contribution in [0.1, 0.15) is 25.6 Å². The monoisotopic (exact) mass is 465 g/mol. The smallest absolute Gasteiger partial charge is 0.456 e. The number of ether oxygens (including phenoxy) is 1. The number of carbonyl (C=O) groups excluding carboxylic acids is 1. The van der Waals surface area contributed by atoms with Gasteiger partial charge in [-0.25, -0.2) is 8.96 Å². The van der Waals surface area contributed by atoms with Crippen LogP contribution in [0.25, 0.3) is 0 Å². The fourth-order valence-electron chi connectivity index (χ4n) is 2.64. The van der Waals surface area contributed by atoms with Crippen LogP contribution in [0.5, 0.6) is 11.5 Å². The van der Waals surface area contributed by atoms with Gasteiger partial charge in [-0.3, -0.25) is 18.7 Å². The predicted octanol–water partition coefficient (Wildman–Crippen LogP) is 3.72. The molecule has 3 N–H and O–H groups in total. The number of halogens is 1. The number of amides is 1. The summed E-state index contributed by atoms with van der Waals surface area (Å²) < 4.78 is 58.2. The highest BCUT2D eigenvalue weighted by Gasteiger charge is 2.17. The van der Waals surface area contributed by atoms with E-state index in [1.54, 1.807) is 13.0 Å². The molecule has 0 atom stereocenters. The van der Waals surface area contributed by atoms with Gasteiger partial charge in [0.05, 0.1) is 5.56 Å². The number of pyridine rings is 1. The molecule has 1 aromatic heterocycles. The minimum atomic E-state index is -4.78. The number of nitrogens with zero attached hydrogens (tertiary/aromatic N) is 1. The third-order valence-corrected chi connectivity index (χ3v) is 4.61. The molecule has 0 bridgehead atoms. The van der Waals surface area contributed by atoms with E-state index in [1.807, 2.05) is 0 Å². The second kappa shape index (κ2) is 9.46. The van der Waals surface area contributed by atoms with Crippen LogP contribution in [0.3, 0.4) is 0 Å². The molecular formula is C21H20FN2O7P. The molecule has 0 saturated heterocycles. The van der Waals surface area contributed by atoms with Gasteiger partial charge < -0.3 is 19.8 Å². The van der Waals surface area contributed by atoms with E-state index >= 15 is 0 Å². The van der Waals surface area contributed by atoms with E-state index in [4.69, 9.17) is 18.6 Å². The molecule has 1 amide bonds. The first-order valence-electron chi connectivity index (χ1n) is 10.5. The first-order chi connectivity index (χ1) is 16.2. The SMILES string of the molecule is [2H]C([2H])([2H])c1cc(F)ccc1Oc1cc(C)ccc1C(=O)Nc1ccn(COP(=O)(O)O)c(=O)c1. The molecule has 2 aromatic carbocycles. The molecule has 0 radical (unpaired) electrons. The number of nitrogens with one attached hydrogen (secondary N) is 1. The van der Waals surface area contributed by atoms with Gasteiger partial charge in [-0.2, -0.15) is 0 Å². The summed E-state index contributed by atoms with van der Waals surface area (Å²) in [7, 11) is -4.78. The van der Waals surface area contributed by atoms with E-state index in [2.05, 4.69) is 9.84 Å². The number of aromatic nitrogens is 1. The maximum absolute atomic E-state index is 13.7. The first kappa shape index (κ1) is 19.4. The van der Waals surface area contributed by atoms with Crippen molar-refractivity contribution in [1.29, 1.82) is 0 Å². The van der Waals surface area contributed by atoms with Crippen LogP contribution in [-0.4, -0.2) is 20.3 Å². The summed E-state index contributed by atoms with van der Waals surface area (Å²) in [5.41, 5.74) is -0.298. The number of rotatable bonds is 7. The highest BCUT2D eigenvalue weighted by atomic mass is 31.2. The minimum absolute atomic E-state index is 0.00277. The van der Waals surface area contributed by atoms with Gasteiger partial charge in [-0.1, -0.05) is 6.07 Å². The Labute approximate surface area is 186 Å². The normalized spacial score (nSPS) is 13.1. The lowest BCUT2D eigenvalue weighted by molar-refractivity contribution is 0.102. The number of hydrogen-bond donors (Lipinski definition) is 3. The summed E-state index contributed by atoms with van der Waals surface area (Å²) in [5.74, 6) is -1.60. The Kier molecular flexibility index (Phi) is 5.73. The van der Waals surface area contributed by atoms with Crippen molar-refractivity contribution in [2.75, 3.05) is 5.32 Å². The molecule has 0 aliphatic rings. The number of carbonyl (C=O) groups is 1. The van der Waals surface area contributed by atoms with Crippen molar-refractivity contribution in [3.63, 3.8) is 0 Å². The largest absolute Gasteiger partial charge is 0.471 e. The van der Waals surface area contributed by atoms with Gasteiger partial charge in [-0.05, 0) is 61.3 Å². The number of hydrogen-bond acceptors (Lipinski definition) is 5. The van der Waals surface area contributed by atoms with Crippen molar-refractivity contribution in [2.45, 2.75) is 20.5 Å². The third-order valence-electron chi connectivity index (χ3n) is 4.16. The minimum Gasteiger partial charge on any atom is -0.456 e. The summed E-state index contributed by atoms with van der Waals surface area (Å²) in [4.78, 5) is 42.6. The van der Waals surface area contributed by atoms with Crippen molar-refractivity contribution in [1.82, 2.24) is 4.57 Å². The highest BCUT2D eigenvalue weighted by Crippen LogP contribution is 2.36. The van der Waals surface area contributed by atoms with E-state index in [0.717, 1.165) is 28.8 Å².